The van der Waals surface area contributed by atoms with E-state index in [1.165, 1.54) is 30.8 Å². The Morgan fingerprint density at radius 1 is 1.19 bits per heavy atom. The van der Waals surface area contributed by atoms with Crippen molar-refractivity contribution in [2.24, 2.45) is 0 Å². The summed E-state index contributed by atoms with van der Waals surface area (Å²) in [6.07, 6.45) is 11.2. The molecule has 0 saturated carbocycles. The molecule has 0 saturated heterocycles. The van der Waals surface area contributed by atoms with Gasteiger partial charge < -0.3 is 15.4 Å². The number of carbonyl (C=O) groups is 1. The average molecular weight is 366 g/mol. The Kier molecular flexibility index (Phi) is 6.79. The minimum Gasteiger partial charge on any atom is -0.492 e. The monoisotopic (exact) mass is 366 g/mol. The Morgan fingerprint density at radius 3 is 2.74 bits per heavy atom. The first-order chi connectivity index (χ1) is 13.3. The van der Waals surface area contributed by atoms with Crippen LogP contribution in [0.2, 0.25) is 0 Å². The zero-order chi connectivity index (χ0) is 18.9. The van der Waals surface area contributed by atoms with Gasteiger partial charge in [-0.1, -0.05) is 23.8 Å². The molecule has 0 aliphatic heterocycles. The highest BCUT2D eigenvalue weighted by Crippen LogP contribution is 2.25. The molecular weight excluding hydrogens is 340 g/mol. The molecule has 1 aromatic heterocycles. The second-order valence-corrected chi connectivity index (χ2v) is 6.46. The van der Waals surface area contributed by atoms with Crippen molar-refractivity contribution in [3.63, 3.8) is 0 Å². The van der Waals surface area contributed by atoms with Crippen molar-refractivity contribution in [2.75, 3.05) is 18.5 Å². The number of para-hydroxylation sites is 2. The summed E-state index contributed by atoms with van der Waals surface area (Å²) >= 11 is 0. The van der Waals surface area contributed by atoms with Gasteiger partial charge in [0.05, 0.1) is 17.9 Å². The van der Waals surface area contributed by atoms with E-state index in [-0.39, 0.29) is 5.91 Å². The largest absolute Gasteiger partial charge is 0.492 e. The molecule has 1 heterocycles. The summed E-state index contributed by atoms with van der Waals surface area (Å²) in [5.41, 5.74) is 2.69. The maximum Gasteiger partial charge on any atom is 0.254 e. The van der Waals surface area contributed by atoms with E-state index < -0.39 is 0 Å². The third-order valence-electron chi connectivity index (χ3n) is 4.46. The van der Waals surface area contributed by atoms with Crippen molar-refractivity contribution in [1.82, 2.24) is 15.3 Å². The van der Waals surface area contributed by atoms with Gasteiger partial charge >= 0.3 is 0 Å². The van der Waals surface area contributed by atoms with Gasteiger partial charge in [0.15, 0.2) is 0 Å². The molecule has 0 radical (unpaired) electrons. The zero-order valence-electron chi connectivity index (χ0n) is 15.7. The van der Waals surface area contributed by atoms with Crippen LogP contribution in [0.5, 0.6) is 5.75 Å². The summed E-state index contributed by atoms with van der Waals surface area (Å²) < 4.78 is 5.58. The van der Waals surface area contributed by atoms with Crippen LogP contribution in [0.15, 0.2) is 48.3 Å². The van der Waals surface area contributed by atoms with E-state index in [4.69, 9.17) is 4.74 Å². The molecule has 0 bridgehead atoms. The molecule has 0 atom stereocenters. The smallest absolute Gasteiger partial charge is 0.254 e. The molecule has 1 aromatic carbocycles. The molecule has 1 aliphatic rings. The average Bonchev–Trinajstić information content (AvgIpc) is 2.71. The molecular formula is C21H26N4O2. The molecule has 0 spiro atoms. The van der Waals surface area contributed by atoms with Crippen molar-refractivity contribution < 1.29 is 9.53 Å². The summed E-state index contributed by atoms with van der Waals surface area (Å²) in [6.45, 7) is 3.16. The number of anilines is 2. The lowest BCUT2D eigenvalue weighted by atomic mass is 9.97. The highest BCUT2D eigenvalue weighted by molar-refractivity contribution is 5.93. The maximum atomic E-state index is 12.2. The van der Waals surface area contributed by atoms with Gasteiger partial charge in [0.2, 0.25) is 5.95 Å². The molecule has 142 valence electrons. The quantitative estimate of drug-likeness (QED) is 0.684. The molecule has 3 rings (SSSR count). The molecule has 1 aliphatic carbocycles. The van der Waals surface area contributed by atoms with E-state index >= 15 is 0 Å². The van der Waals surface area contributed by atoms with Gasteiger partial charge in [-0.3, -0.25) is 4.79 Å². The van der Waals surface area contributed by atoms with Crippen LogP contribution < -0.4 is 15.4 Å². The summed E-state index contributed by atoms with van der Waals surface area (Å²) in [6, 6.07) is 7.60. The Morgan fingerprint density at radius 2 is 2.00 bits per heavy atom. The fourth-order valence-corrected chi connectivity index (χ4v) is 3.05. The molecule has 1 amide bonds. The fourth-order valence-electron chi connectivity index (χ4n) is 3.05. The van der Waals surface area contributed by atoms with Crippen LogP contribution in [0.3, 0.4) is 0 Å². The van der Waals surface area contributed by atoms with Gasteiger partial charge in [0.25, 0.3) is 5.91 Å². The van der Waals surface area contributed by atoms with Crippen molar-refractivity contribution in [3.05, 3.63) is 53.9 Å². The minimum atomic E-state index is -0.146. The van der Waals surface area contributed by atoms with Crippen LogP contribution >= 0.6 is 0 Å². The number of carbonyl (C=O) groups excluding carboxylic acids is 1. The van der Waals surface area contributed by atoms with E-state index in [1.54, 1.807) is 0 Å². The number of nitrogens with one attached hydrogen (secondary N) is 2. The van der Waals surface area contributed by atoms with Crippen molar-refractivity contribution in [1.29, 1.82) is 0 Å². The Hall–Kier alpha value is -2.89. The minimum absolute atomic E-state index is 0.146. The van der Waals surface area contributed by atoms with Crippen LogP contribution in [0.4, 0.5) is 11.6 Å². The number of rotatable bonds is 8. The zero-order valence-corrected chi connectivity index (χ0v) is 15.7. The number of aromatic nitrogens is 2. The second kappa shape index (κ2) is 9.71. The Labute approximate surface area is 160 Å². The van der Waals surface area contributed by atoms with Gasteiger partial charge in [0, 0.05) is 18.9 Å². The first-order valence-electron chi connectivity index (χ1n) is 9.53. The van der Waals surface area contributed by atoms with E-state index in [9.17, 15) is 4.79 Å². The second-order valence-electron chi connectivity index (χ2n) is 6.46. The first kappa shape index (κ1) is 18.9. The maximum absolute atomic E-state index is 12.2. The Balaban J connectivity index is 1.53. The van der Waals surface area contributed by atoms with Gasteiger partial charge in [0.1, 0.15) is 5.75 Å². The number of hydrogen-bond donors (Lipinski definition) is 2. The fraction of sp³-hybridized carbons (Fsp3) is 0.381. The van der Waals surface area contributed by atoms with Crippen molar-refractivity contribution >= 4 is 17.5 Å². The van der Waals surface area contributed by atoms with Gasteiger partial charge in [-0.2, -0.15) is 0 Å². The van der Waals surface area contributed by atoms with Crippen LogP contribution in [0, 0.1) is 0 Å². The SMILES string of the molecule is CCOc1ccccc1Nc1ncc(C(=O)NCCC2=CCCCC2)cn1. The highest BCUT2D eigenvalue weighted by atomic mass is 16.5. The molecule has 2 aromatic rings. The lowest BCUT2D eigenvalue weighted by Gasteiger charge is -2.13. The Bertz CT molecular complexity index is 787. The number of hydrogen-bond acceptors (Lipinski definition) is 5. The molecule has 6 nitrogen and oxygen atoms in total. The van der Waals surface area contributed by atoms with E-state index in [0.717, 1.165) is 30.7 Å². The molecule has 27 heavy (non-hydrogen) atoms. The third kappa shape index (κ3) is 5.54. The normalized spacial score (nSPS) is 13.6. The summed E-state index contributed by atoms with van der Waals surface area (Å²) in [7, 11) is 0. The van der Waals surface area contributed by atoms with Gasteiger partial charge in [-0.15, -0.1) is 0 Å². The van der Waals surface area contributed by atoms with E-state index in [2.05, 4.69) is 26.7 Å². The first-order valence-corrected chi connectivity index (χ1v) is 9.53. The van der Waals surface area contributed by atoms with Crippen molar-refractivity contribution in [3.8, 4) is 5.75 Å². The van der Waals surface area contributed by atoms with Crippen LogP contribution in [-0.4, -0.2) is 29.0 Å². The summed E-state index contributed by atoms with van der Waals surface area (Å²) in [5.74, 6) is 1.01. The predicted molar refractivity (Wildman–Crippen MR) is 106 cm³/mol. The van der Waals surface area contributed by atoms with Crippen LogP contribution in [0.1, 0.15) is 49.4 Å². The molecule has 0 fully saturated rings. The van der Waals surface area contributed by atoms with Crippen LogP contribution in [0.25, 0.3) is 0 Å². The number of amides is 1. The van der Waals surface area contributed by atoms with Gasteiger partial charge in [-0.05, 0) is 51.2 Å². The molecule has 6 heteroatoms. The highest BCUT2D eigenvalue weighted by Gasteiger charge is 2.09. The van der Waals surface area contributed by atoms with Crippen molar-refractivity contribution in [2.45, 2.75) is 39.0 Å². The predicted octanol–water partition coefficient (Wildman–Crippen LogP) is 4.24. The van der Waals surface area contributed by atoms with Crippen LogP contribution in [-0.2, 0) is 0 Å². The lowest BCUT2D eigenvalue weighted by Crippen LogP contribution is -2.25. The van der Waals surface area contributed by atoms with E-state index in [1.807, 2.05) is 31.2 Å². The van der Waals surface area contributed by atoms with Gasteiger partial charge in [-0.25, -0.2) is 9.97 Å². The van der Waals surface area contributed by atoms with E-state index in [0.29, 0.717) is 24.7 Å². The number of allylic oxidation sites excluding steroid dienone is 1. The number of ether oxygens (including phenoxy) is 1. The molecule has 0 unspecified atom stereocenters. The lowest BCUT2D eigenvalue weighted by molar-refractivity contribution is 0.0953. The topological polar surface area (TPSA) is 76.1 Å². The number of benzene rings is 1. The summed E-state index contributed by atoms with van der Waals surface area (Å²) in [5, 5.41) is 6.06. The molecule has 2 N–H and O–H groups in total. The summed E-state index contributed by atoms with van der Waals surface area (Å²) in [4.78, 5) is 20.7. The standard InChI is InChI=1S/C21H26N4O2/c1-2-27-19-11-7-6-10-18(19)25-21-23-14-17(15-24-21)20(26)22-13-12-16-8-4-3-5-9-16/h6-8,10-11,14-15H,2-5,9,12-13H2,1H3,(H,22,26)(H,23,24,25). The number of nitrogens with zero attached hydrogens (tertiary/aromatic N) is 2. The third-order valence-corrected chi connectivity index (χ3v) is 4.46.